The Morgan fingerprint density at radius 3 is 2.56 bits per heavy atom. The quantitative estimate of drug-likeness (QED) is 0.798. The van der Waals surface area contributed by atoms with Gasteiger partial charge in [-0.2, -0.15) is 0 Å². The monoisotopic (exact) mass is 395 g/mol. The number of sulfone groups is 1. The first-order valence-electron chi connectivity index (χ1n) is 9.22. The highest BCUT2D eigenvalue weighted by atomic mass is 32.2. The first-order valence-corrected chi connectivity index (χ1v) is 10.9. The van der Waals surface area contributed by atoms with Crippen molar-refractivity contribution in [3.05, 3.63) is 30.3 Å². The number of carbonyl (C=O) groups is 1. The number of benzene rings is 1. The molecule has 27 heavy (non-hydrogen) atoms. The molecule has 3 aliphatic heterocycles. The Bertz CT molecular complexity index is 773. The lowest BCUT2D eigenvalue weighted by molar-refractivity contribution is -0.118. The largest absolute Gasteiger partial charge is 0.379 e. The number of nitrogens with zero attached hydrogens (tertiary/aromatic N) is 2. The van der Waals surface area contributed by atoms with Crippen molar-refractivity contribution in [3.8, 4) is 0 Å². The third kappa shape index (κ3) is 4.11. The van der Waals surface area contributed by atoms with Gasteiger partial charge in [-0.05, 0) is 12.1 Å². The molecule has 1 atom stereocenters. The van der Waals surface area contributed by atoms with Crippen LogP contribution in [0.1, 0.15) is 0 Å². The molecule has 3 saturated heterocycles. The van der Waals surface area contributed by atoms with E-state index in [2.05, 4.69) is 10.2 Å². The minimum absolute atomic E-state index is 0.0237. The molecule has 4 rings (SSSR count). The molecule has 0 saturated carbocycles. The Balaban J connectivity index is 1.31. The van der Waals surface area contributed by atoms with Crippen molar-refractivity contribution >= 4 is 21.6 Å². The van der Waals surface area contributed by atoms with E-state index in [-0.39, 0.29) is 18.4 Å². The SMILES string of the molecule is O=C(Nc1ccccc1)N1CC2(C1)CS(=O)(=O)[C@@H](CN1CCOCC1)CO2. The van der Waals surface area contributed by atoms with Crippen LogP contribution in [0.2, 0.25) is 0 Å². The van der Waals surface area contributed by atoms with Gasteiger partial charge in [0.05, 0.1) is 43.9 Å². The van der Waals surface area contributed by atoms with Crippen LogP contribution in [0.4, 0.5) is 10.5 Å². The number of ether oxygens (including phenoxy) is 2. The van der Waals surface area contributed by atoms with E-state index in [4.69, 9.17) is 9.47 Å². The normalized spacial score (nSPS) is 27.1. The van der Waals surface area contributed by atoms with Crippen molar-refractivity contribution in [2.45, 2.75) is 10.9 Å². The molecule has 1 spiro atoms. The number of anilines is 1. The van der Waals surface area contributed by atoms with Gasteiger partial charge in [0.15, 0.2) is 9.84 Å². The van der Waals surface area contributed by atoms with Gasteiger partial charge in [0, 0.05) is 25.3 Å². The number of likely N-dealkylation sites (tertiary alicyclic amines) is 1. The second-order valence-corrected chi connectivity index (χ2v) is 9.77. The third-order valence-corrected chi connectivity index (χ3v) is 7.61. The van der Waals surface area contributed by atoms with E-state index in [1.54, 1.807) is 4.90 Å². The fourth-order valence-corrected chi connectivity index (χ4v) is 5.79. The topological polar surface area (TPSA) is 88.2 Å². The summed E-state index contributed by atoms with van der Waals surface area (Å²) in [6.07, 6.45) is 0. The van der Waals surface area contributed by atoms with Gasteiger partial charge in [-0.15, -0.1) is 0 Å². The molecule has 2 amide bonds. The molecule has 3 aliphatic rings. The van der Waals surface area contributed by atoms with Crippen molar-refractivity contribution < 1.29 is 22.7 Å². The number of amides is 2. The summed E-state index contributed by atoms with van der Waals surface area (Å²) in [5, 5.41) is 2.31. The highest BCUT2D eigenvalue weighted by Crippen LogP contribution is 2.33. The molecule has 9 heteroatoms. The Morgan fingerprint density at radius 2 is 1.89 bits per heavy atom. The number of hydrogen-bond acceptors (Lipinski definition) is 6. The van der Waals surface area contributed by atoms with Crippen LogP contribution in [0.3, 0.4) is 0 Å². The summed E-state index contributed by atoms with van der Waals surface area (Å²) in [6, 6.07) is 8.96. The van der Waals surface area contributed by atoms with Crippen LogP contribution in [0.25, 0.3) is 0 Å². The molecule has 3 fully saturated rings. The lowest BCUT2D eigenvalue weighted by atomic mass is 9.96. The summed E-state index contributed by atoms with van der Waals surface area (Å²) in [5.74, 6) is -0.0237. The van der Waals surface area contributed by atoms with E-state index in [1.165, 1.54) is 0 Å². The number of urea groups is 1. The summed E-state index contributed by atoms with van der Waals surface area (Å²) >= 11 is 0. The number of rotatable bonds is 3. The molecule has 0 unspecified atom stereocenters. The molecule has 0 radical (unpaired) electrons. The summed E-state index contributed by atoms with van der Waals surface area (Å²) in [5.41, 5.74) is -0.0415. The minimum atomic E-state index is -3.27. The van der Waals surface area contributed by atoms with Gasteiger partial charge in [0.1, 0.15) is 5.60 Å². The molecule has 0 aromatic heterocycles. The Kier molecular flexibility index (Phi) is 5.11. The van der Waals surface area contributed by atoms with Gasteiger partial charge in [0.2, 0.25) is 0 Å². The zero-order valence-corrected chi connectivity index (χ0v) is 16.0. The van der Waals surface area contributed by atoms with Gasteiger partial charge in [0.25, 0.3) is 0 Å². The lowest BCUT2D eigenvalue weighted by Crippen LogP contribution is -2.71. The second kappa shape index (κ2) is 7.38. The average molecular weight is 395 g/mol. The van der Waals surface area contributed by atoms with E-state index >= 15 is 0 Å². The highest BCUT2D eigenvalue weighted by Gasteiger charge is 2.54. The van der Waals surface area contributed by atoms with Crippen LogP contribution < -0.4 is 5.32 Å². The fraction of sp³-hybridized carbons (Fsp3) is 0.611. The molecule has 8 nitrogen and oxygen atoms in total. The molecule has 1 aromatic rings. The molecule has 1 N–H and O–H groups in total. The molecule has 3 heterocycles. The van der Waals surface area contributed by atoms with E-state index in [0.29, 0.717) is 38.5 Å². The number of hydrogen-bond donors (Lipinski definition) is 1. The maximum atomic E-state index is 12.8. The second-order valence-electron chi connectivity index (χ2n) is 7.49. The molecule has 1 aromatic carbocycles. The number of para-hydroxylation sites is 1. The van der Waals surface area contributed by atoms with Gasteiger partial charge in [-0.3, -0.25) is 4.90 Å². The molecule has 0 aliphatic carbocycles. The summed E-state index contributed by atoms with van der Waals surface area (Å²) < 4.78 is 36.8. The maximum Gasteiger partial charge on any atom is 0.322 e. The number of morpholine rings is 1. The van der Waals surface area contributed by atoms with Gasteiger partial charge < -0.3 is 19.7 Å². The fourth-order valence-electron chi connectivity index (χ4n) is 3.84. The third-order valence-electron chi connectivity index (χ3n) is 5.38. The van der Waals surface area contributed by atoms with Crippen molar-refractivity contribution in [2.24, 2.45) is 0 Å². The van der Waals surface area contributed by atoms with Crippen LogP contribution in [-0.4, -0.2) is 93.4 Å². The molecular formula is C18H25N3O5S. The standard InChI is InChI=1S/C18H25N3O5S/c22-17(19-15-4-2-1-3-5-15)21-12-18(13-21)14-27(23,24)16(11-26-18)10-20-6-8-25-9-7-20/h1-5,16H,6-14H2,(H,19,22)/t16-/m0/s1. The summed E-state index contributed by atoms with van der Waals surface area (Å²) in [7, 11) is -3.27. The molecular weight excluding hydrogens is 370 g/mol. The van der Waals surface area contributed by atoms with E-state index in [1.807, 2.05) is 30.3 Å². The number of nitrogens with one attached hydrogen (secondary N) is 1. The zero-order chi connectivity index (χ0) is 18.9. The smallest absolute Gasteiger partial charge is 0.322 e. The Morgan fingerprint density at radius 1 is 1.19 bits per heavy atom. The van der Waals surface area contributed by atoms with Crippen LogP contribution >= 0.6 is 0 Å². The van der Waals surface area contributed by atoms with Crippen molar-refractivity contribution in [1.82, 2.24) is 9.80 Å². The highest BCUT2D eigenvalue weighted by molar-refractivity contribution is 7.92. The number of carbonyl (C=O) groups excluding carboxylic acids is 1. The first-order chi connectivity index (χ1) is 13.0. The first kappa shape index (κ1) is 18.7. The van der Waals surface area contributed by atoms with Crippen molar-refractivity contribution in [3.63, 3.8) is 0 Å². The average Bonchev–Trinajstić information content (AvgIpc) is 2.63. The summed E-state index contributed by atoms with van der Waals surface area (Å²) in [4.78, 5) is 16.0. The molecule has 0 bridgehead atoms. The van der Waals surface area contributed by atoms with Crippen molar-refractivity contribution in [1.29, 1.82) is 0 Å². The maximum absolute atomic E-state index is 12.8. The Hall–Kier alpha value is -1.68. The van der Waals surface area contributed by atoms with E-state index < -0.39 is 20.7 Å². The Labute approximate surface area is 159 Å². The van der Waals surface area contributed by atoms with Crippen LogP contribution in [0.5, 0.6) is 0 Å². The van der Waals surface area contributed by atoms with Crippen LogP contribution in [-0.2, 0) is 19.3 Å². The zero-order valence-electron chi connectivity index (χ0n) is 15.2. The van der Waals surface area contributed by atoms with Gasteiger partial charge >= 0.3 is 6.03 Å². The summed E-state index contributed by atoms with van der Waals surface area (Å²) in [6.45, 7) is 4.07. The molecule has 148 valence electrons. The van der Waals surface area contributed by atoms with E-state index in [0.717, 1.165) is 13.1 Å². The van der Waals surface area contributed by atoms with Crippen molar-refractivity contribution in [2.75, 3.05) is 63.6 Å². The minimum Gasteiger partial charge on any atom is -0.379 e. The van der Waals surface area contributed by atoms with Crippen LogP contribution in [0.15, 0.2) is 30.3 Å². The predicted octanol–water partition coefficient (Wildman–Crippen LogP) is 0.419. The van der Waals surface area contributed by atoms with Gasteiger partial charge in [-0.1, -0.05) is 18.2 Å². The predicted molar refractivity (Wildman–Crippen MR) is 101 cm³/mol. The lowest BCUT2D eigenvalue weighted by Gasteiger charge is -2.52. The van der Waals surface area contributed by atoms with Crippen LogP contribution in [0, 0.1) is 0 Å². The van der Waals surface area contributed by atoms with E-state index in [9.17, 15) is 13.2 Å². The van der Waals surface area contributed by atoms with Gasteiger partial charge in [-0.25, -0.2) is 13.2 Å².